The number of fused-ring (bicyclic) bond motifs is 5. The Morgan fingerprint density at radius 2 is 1.58 bits per heavy atom. The van der Waals surface area contributed by atoms with E-state index in [9.17, 15) is 33.6 Å². The van der Waals surface area contributed by atoms with E-state index in [1.807, 2.05) is 41.2 Å². The quantitative estimate of drug-likeness (QED) is 0.0454. The molecular formula is C68H84FN13O8. The Morgan fingerprint density at radius 3 is 2.33 bits per heavy atom. The fourth-order valence-corrected chi connectivity index (χ4v) is 15.2. The predicted molar refractivity (Wildman–Crippen MR) is 341 cm³/mol. The van der Waals surface area contributed by atoms with Crippen LogP contribution in [-0.4, -0.2) is 127 Å². The van der Waals surface area contributed by atoms with E-state index in [4.69, 9.17) is 9.72 Å². The summed E-state index contributed by atoms with van der Waals surface area (Å²) in [6.07, 6.45) is 14.5. The highest BCUT2D eigenvalue weighted by Gasteiger charge is 2.46. The molecule has 0 spiro atoms. The molecule has 0 bridgehead atoms. The van der Waals surface area contributed by atoms with Gasteiger partial charge in [-0.2, -0.15) is 5.10 Å². The number of ether oxygens (including phenoxy) is 1. The summed E-state index contributed by atoms with van der Waals surface area (Å²) in [4.78, 5) is 108. The van der Waals surface area contributed by atoms with Crippen LogP contribution in [0, 0.1) is 23.6 Å². The number of nitrogens with one attached hydrogen (secondary N) is 7. The molecule has 0 unspecified atom stereocenters. The van der Waals surface area contributed by atoms with E-state index in [-0.39, 0.29) is 96.3 Å². The summed E-state index contributed by atoms with van der Waals surface area (Å²) in [5, 5.41) is 24.7. The van der Waals surface area contributed by atoms with Crippen molar-refractivity contribution in [3.8, 4) is 22.4 Å². The number of aromatic nitrogens is 6. The number of hydrogen-bond donors (Lipinski definition) is 7. The van der Waals surface area contributed by atoms with Gasteiger partial charge >= 0.3 is 11.8 Å². The van der Waals surface area contributed by atoms with Crippen LogP contribution in [-0.2, 0) is 37.4 Å². The summed E-state index contributed by atoms with van der Waals surface area (Å²) in [5.74, 6) is -2.65. The van der Waals surface area contributed by atoms with E-state index < -0.39 is 42.0 Å². The molecule has 90 heavy (non-hydrogen) atoms. The first kappa shape index (κ1) is 61.8. The zero-order valence-corrected chi connectivity index (χ0v) is 52.3. The van der Waals surface area contributed by atoms with Gasteiger partial charge in [-0.15, -0.1) is 0 Å². The molecule has 5 aliphatic rings. The topological polar surface area (TPSA) is 260 Å². The third-order valence-electron chi connectivity index (χ3n) is 20.2. The lowest BCUT2D eigenvalue weighted by Crippen LogP contribution is -2.58. The van der Waals surface area contributed by atoms with Gasteiger partial charge in [0.15, 0.2) is 0 Å². The number of likely N-dealkylation sites (tertiary alicyclic amines) is 1. The summed E-state index contributed by atoms with van der Waals surface area (Å²) in [6.45, 7) is 6.29. The van der Waals surface area contributed by atoms with Crippen LogP contribution in [0.1, 0.15) is 157 Å². The highest BCUT2D eigenvalue weighted by atomic mass is 19.1. The zero-order valence-electron chi connectivity index (χ0n) is 52.3. The first-order valence-electron chi connectivity index (χ1n) is 32.5. The molecular weight excluding hydrogens is 1150 g/mol. The minimum atomic E-state index is -0.855. The normalized spacial score (nSPS) is 22.8. The number of benzene rings is 3. The number of carbonyl (C=O) groups is 6. The molecule has 476 valence electrons. The van der Waals surface area contributed by atoms with Crippen LogP contribution in [0.4, 0.5) is 9.18 Å². The maximum absolute atomic E-state index is 16.7. The summed E-state index contributed by atoms with van der Waals surface area (Å²) < 4.78 is 26.9. The smallest absolute Gasteiger partial charge is 0.407 e. The Morgan fingerprint density at radius 1 is 0.800 bits per heavy atom. The Labute approximate surface area is 522 Å². The lowest BCUT2D eigenvalue weighted by Gasteiger charge is -2.35. The van der Waals surface area contributed by atoms with Gasteiger partial charge in [-0.05, 0) is 164 Å². The summed E-state index contributed by atoms with van der Waals surface area (Å²) in [5.41, 5.74) is 7.09. The van der Waals surface area contributed by atoms with Gasteiger partial charge in [-0.3, -0.25) is 37.8 Å². The average molecular weight is 1230 g/mol. The fourth-order valence-electron chi connectivity index (χ4n) is 15.2. The number of imidazole rings is 1. The molecule has 4 aromatic heterocycles. The minimum Gasteiger partial charge on any atom is -0.453 e. The number of alkyl carbamates (subject to hydrolysis) is 1. The number of H-pyrrole nitrogens is 1. The number of carbonyl (C=O) groups excluding carboxylic acids is 6. The van der Waals surface area contributed by atoms with E-state index in [0.29, 0.717) is 83.8 Å². The van der Waals surface area contributed by atoms with E-state index in [1.54, 1.807) is 47.3 Å². The van der Waals surface area contributed by atoms with Crippen LogP contribution in [0.3, 0.4) is 0 Å². The monoisotopic (exact) mass is 1230 g/mol. The van der Waals surface area contributed by atoms with Crippen LogP contribution in [0.5, 0.6) is 0 Å². The van der Waals surface area contributed by atoms with Gasteiger partial charge in [0.2, 0.25) is 23.6 Å². The summed E-state index contributed by atoms with van der Waals surface area (Å²) in [6, 6.07) is 15.5. The van der Waals surface area contributed by atoms with Gasteiger partial charge in [0.05, 0.1) is 64.8 Å². The Bertz CT molecular complexity index is 3950. The van der Waals surface area contributed by atoms with E-state index in [2.05, 4.69) is 68.0 Å². The molecule has 1 aliphatic heterocycles. The first-order chi connectivity index (χ1) is 43.5. The molecule has 6 amide bonds. The Hall–Kier alpha value is -8.40. The van der Waals surface area contributed by atoms with Gasteiger partial charge in [0.25, 0.3) is 5.91 Å². The fraction of sp³-hybridized carbons (Fsp3) is 0.515. The lowest BCUT2D eigenvalue weighted by molar-refractivity contribution is -0.143. The predicted octanol–water partition coefficient (Wildman–Crippen LogP) is 8.56. The summed E-state index contributed by atoms with van der Waals surface area (Å²) >= 11 is 0. The number of methoxy groups -OCH3 is 1. The number of amides is 6. The average Bonchev–Trinajstić information content (AvgIpc) is 1.56. The number of likely N-dealkylation sites (N-methyl/N-ethyl adjacent to an activating group) is 1. The first-order valence-corrected chi connectivity index (χ1v) is 32.5. The number of aromatic amines is 1. The van der Waals surface area contributed by atoms with Crippen molar-refractivity contribution in [1.29, 1.82) is 0 Å². The molecule has 3 saturated carbocycles. The van der Waals surface area contributed by atoms with Crippen molar-refractivity contribution < 1.29 is 37.9 Å². The third kappa shape index (κ3) is 12.2. The second kappa shape index (κ2) is 26.2. The van der Waals surface area contributed by atoms with Crippen molar-refractivity contribution in [2.75, 3.05) is 27.2 Å². The Balaban J connectivity index is 0.734. The number of nitrogens with zero attached hydrogens (tertiary/aromatic N) is 6. The molecule has 7 aromatic rings. The van der Waals surface area contributed by atoms with E-state index in [1.165, 1.54) is 24.8 Å². The lowest BCUT2D eigenvalue weighted by atomic mass is 9.81. The van der Waals surface area contributed by atoms with Crippen LogP contribution >= 0.6 is 0 Å². The highest BCUT2D eigenvalue weighted by Crippen LogP contribution is 2.44. The molecule has 22 heteroatoms. The molecule has 4 aliphatic carbocycles. The van der Waals surface area contributed by atoms with Gasteiger partial charge in [0, 0.05) is 66.7 Å². The van der Waals surface area contributed by atoms with Crippen LogP contribution in [0.25, 0.3) is 55.4 Å². The maximum atomic E-state index is 16.7. The SMILES string of the molecule is CN[C@@H](C)C(=O)N[C@H](C(=O)N1C[C@@H](NC(=O)C2CCC(CNC(=O)c3ccc(-c4[nH]c5ncc6c(c5c4-c4ccc5c(cnn5C(C)C)c4)n([C@@H]4CC[C@@H](NC(=O)OC)C4)c(=O)n6C)cc3F)CC2)C[C@H]1C(=O)N[C@@H]1CCCc2ccccc21)C1CCCCC1. The van der Waals surface area contributed by atoms with E-state index >= 15 is 4.39 Å². The van der Waals surface area contributed by atoms with Crippen molar-refractivity contribution >= 4 is 68.6 Å². The van der Waals surface area contributed by atoms with Crippen molar-refractivity contribution in [2.45, 2.75) is 172 Å². The van der Waals surface area contributed by atoms with Gasteiger partial charge in [-0.1, -0.05) is 55.7 Å². The molecule has 7 N–H and O–H groups in total. The minimum absolute atomic E-state index is 0.0355. The highest BCUT2D eigenvalue weighted by molar-refractivity contribution is 6.15. The number of halogens is 1. The summed E-state index contributed by atoms with van der Waals surface area (Å²) in [7, 11) is 4.74. The van der Waals surface area contributed by atoms with Crippen molar-refractivity contribution in [2.24, 2.45) is 24.8 Å². The largest absolute Gasteiger partial charge is 0.453 e. The molecule has 0 radical (unpaired) electrons. The molecule has 1 saturated heterocycles. The Kier molecular flexibility index (Phi) is 18.0. The van der Waals surface area contributed by atoms with Gasteiger partial charge < -0.3 is 46.5 Å². The maximum Gasteiger partial charge on any atom is 0.407 e. The standard InChI is InChI=1S/C68H84FN13O8/c1-37(2)82-53-28-24-43(29-45(53)34-73-82)56-57-60-55(79(5)68(89)81(60)48-26-25-46(31-48)75-67(88)90-6)35-71-61(57)77-58(56)44-23-27-50(51(69)30-44)64(85)72-33-39-19-21-42(22-20-39)63(84)74-47-32-54(65(86)76-52-18-12-16-40-13-10-11-17-49(40)52)80(36-47)66(87)59(41-14-8-7-9-15-41)78-62(83)38(3)70-4/h10-11,13,17,23-24,27-30,34-35,37-39,41-42,46-48,52,54,59,70H,7-9,12,14-16,18-22,25-26,31-33,36H2,1-6H3,(H,71,77)(H,72,85)(H,74,84)(H,75,88)(H,76,86)(H,78,83)/t38-,39?,42?,46+,47-,48+,52+,54-,59-/m0/s1. The second-order valence-corrected chi connectivity index (χ2v) is 26.2. The molecule has 4 fully saturated rings. The molecule has 12 rings (SSSR count). The van der Waals surface area contributed by atoms with Crippen molar-refractivity contribution in [1.82, 2.24) is 65.7 Å². The van der Waals surface area contributed by atoms with Crippen molar-refractivity contribution in [3.05, 3.63) is 106 Å². The van der Waals surface area contributed by atoms with Gasteiger partial charge in [0.1, 0.15) is 23.5 Å². The van der Waals surface area contributed by atoms with Crippen LogP contribution in [0.2, 0.25) is 0 Å². The molecule has 5 heterocycles. The second-order valence-electron chi connectivity index (χ2n) is 26.2. The van der Waals surface area contributed by atoms with Crippen molar-refractivity contribution in [3.63, 3.8) is 0 Å². The van der Waals surface area contributed by atoms with Crippen LogP contribution in [0.15, 0.2) is 77.9 Å². The third-order valence-corrected chi connectivity index (χ3v) is 20.2. The van der Waals surface area contributed by atoms with Crippen LogP contribution < -0.4 is 37.6 Å². The zero-order chi connectivity index (χ0) is 63.1. The number of hydrogen-bond acceptors (Lipinski definition) is 11. The number of aryl methyl sites for hydroxylation is 2. The molecule has 7 atom stereocenters. The van der Waals surface area contributed by atoms with Gasteiger partial charge in [-0.25, -0.2) is 19.0 Å². The molecule has 3 aromatic carbocycles. The number of rotatable bonds is 17. The number of pyridine rings is 1. The molecule has 21 nitrogen and oxygen atoms in total. The van der Waals surface area contributed by atoms with E-state index in [0.717, 1.165) is 73.4 Å².